The number of fused-ring (bicyclic) bond motifs is 2. The van der Waals surface area contributed by atoms with Crippen LogP contribution in [0.1, 0.15) is 43.2 Å². The molecule has 2 aliphatic rings. The third-order valence-corrected chi connectivity index (χ3v) is 5.82. The smallest absolute Gasteiger partial charge is 0.159 e. The quantitative estimate of drug-likeness (QED) is 0.894. The fourth-order valence-electron chi connectivity index (χ4n) is 4.59. The number of aliphatic hydroxyl groups is 1. The molecule has 0 radical (unpaired) electrons. The predicted molar refractivity (Wildman–Crippen MR) is 92.9 cm³/mol. The molecule has 25 heavy (non-hydrogen) atoms. The van der Waals surface area contributed by atoms with Crippen LogP contribution in [-0.2, 0) is 12.1 Å². The molecule has 2 bridgehead atoms. The molecule has 2 unspecified atom stereocenters. The van der Waals surface area contributed by atoms with E-state index in [1.165, 1.54) is 11.6 Å². The van der Waals surface area contributed by atoms with E-state index in [-0.39, 0.29) is 12.1 Å². The van der Waals surface area contributed by atoms with Crippen LogP contribution in [-0.4, -0.2) is 22.1 Å². The molecule has 2 heterocycles. The van der Waals surface area contributed by atoms with Gasteiger partial charge in [-0.2, -0.15) is 0 Å². The summed E-state index contributed by atoms with van der Waals surface area (Å²) >= 11 is 0. The minimum atomic E-state index is -1.07. The number of halogens is 2. The molecule has 1 N–H and O–H groups in total. The van der Waals surface area contributed by atoms with Crippen LogP contribution in [0.5, 0.6) is 0 Å². The lowest BCUT2D eigenvalue weighted by atomic mass is 9.72. The Balaban J connectivity index is 1.59. The van der Waals surface area contributed by atoms with Gasteiger partial charge in [-0.15, -0.1) is 0 Å². The standard InChI is InChI=1S/C21H23F2NO/c22-19-10-9-16(11-20(19)23)21(25)12-17-7-4-8-18(13-21)24(17)14-15-5-2-1-3-6-15/h1-3,5-6,9-11,17-18,25H,4,7-8,12-14H2. The summed E-state index contributed by atoms with van der Waals surface area (Å²) in [5, 5.41) is 11.2. The fraction of sp³-hybridized carbons (Fsp3) is 0.429. The van der Waals surface area contributed by atoms with E-state index in [9.17, 15) is 13.9 Å². The molecule has 0 saturated carbocycles. The maximum absolute atomic E-state index is 13.7. The number of hydrogen-bond donors (Lipinski definition) is 1. The zero-order chi connectivity index (χ0) is 17.4. The fourth-order valence-corrected chi connectivity index (χ4v) is 4.59. The van der Waals surface area contributed by atoms with Crippen LogP contribution in [0.25, 0.3) is 0 Å². The largest absolute Gasteiger partial charge is 0.385 e. The highest BCUT2D eigenvalue weighted by Crippen LogP contribution is 2.45. The van der Waals surface area contributed by atoms with Gasteiger partial charge in [-0.05, 0) is 48.9 Å². The molecule has 2 saturated heterocycles. The van der Waals surface area contributed by atoms with Crippen molar-refractivity contribution in [2.75, 3.05) is 0 Å². The Labute approximate surface area is 147 Å². The minimum absolute atomic E-state index is 0.269. The van der Waals surface area contributed by atoms with Gasteiger partial charge in [0.15, 0.2) is 11.6 Å². The summed E-state index contributed by atoms with van der Waals surface area (Å²) in [5.41, 5.74) is 0.706. The van der Waals surface area contributed by atoms with Crippen molar-refractivity contribution in [2.24, 2.45) is 0 Å². The first-order chi connectivity index (χ1) is 12.0. The first-order valence-corrected chi connectivity index (χ1v) is 9.03. The number of benzene rings is 2. The van der Waals surface area contributed by atoms with Crippen LogP contribution in [0, 0.1) is 11.6 Å². The molecule has 0 spiro atoms. The number of nitrogens with zero attached hydrogens (tertiary/aromatic N) is 1. The van der Waals surface area contributed by atoms with Gasteiger partial charge in [0.25, 0.3) is 0 Å². The molecule has 4 rings (SSSR count). The topological polar surface area (TPSA) is 23.5 Å². The van der Waals surface area contributed by atoms with E-state index >= 15 is 0 Å². The van der Waals surface area contributed by atoms with E-state index in [2.05, 4.69) is 17.0 Å². The Morgan fingerprint density at radius 1 is 0.960 bits per heavy atom. The van der Waals surface area contributed by atoms with Crippen LogP contribution in [0.15, 0.2) is 48.5 Å². The summed E-state index contributed by atoms with van der Waals surface area (Å²) in [6, 6.07) is 14.7. The summed E-state index contributed by atoms with van der Waals surface area (Å²) in [5.74, 6) is -1.75. The third kappa shape index (κ3) is 3.21. The molecule has 4 heteroatoms. The molecule has 2 atom stereocenters. The lowest BCUT2D eigenvalue weighted by Gasteiger charge is -2.52. The predicted octanol–water partition coefficient (Wildman–Crippen LogP) is 4.37. The van der Waals surface area contributed by atoms with Gasteiger partial charge in [0.1, 0.15) is 0 Å². The van der Waals surface area contributed by atoms with Gasteiger partial charge in [-0.25, -0.2) is 8.78 Å². The van der Waals surface area contributed by atoms with Gasteiger partial charge in [0, 0.05) is 18.6 Å². The molecule has 2 aromatic carbocycles. The first kappa shape index (κ1) is 16.7. The van der Waals surface area contributed by atoms with Crippen LogP contribution in [0.3, 0.4) is 0 Å². The van der Waals surface area contributed by atoms with E-state index in [0.29, 0.717) is 18.4 Å². The van der Waals surface area contributed by atoms with E-state index in [1.54, 1.807) is 0 Å². The molecule has 0 aliphatic carbocycles. The van der Waals surface area contributed by atoms with Gasteiger partial charge in [-0.3, -0.25) is 4.90 Å². The second kappa shape index (κ2) is 6.50. The number of hydrogen-bond acceptors (Lipinski definition) is 2. The third-order valence-electron chi connectivity index (χ3n) is 5.82. The number of piperidine rings is 2. The Kier molecular flexibility index (Phi) is 4.34. The Bertz CT molecular complexity index is 735. The molecule has 0 aromatic heterocycles. The van der Waals surface area contributed by atoms with Crippen molar-refractivity contribution in [3.8, 4) is 0 Å². The highest BCUT2D eigenvalue weighted by atomic mass is 19.2. The average Bonchev–Trinajstić information content (AvgIpc) is 2.59. The van der Waals surface area contributed by atoms with Crippen LogP contribution >= 0.6 is 0 Å². The van der Waals surface area contributed by atoms with Gasteiger partial charge in [-0.1, -0.05) is 42.8 Å². The second-order valence-electron chi connectivity index (χ2n) is 7.47. The summed E-state index contributed by atoms with van der Waals surface area (Å²) in [4.78, 5) is 2.49. The van der Waals surface area contributed by atoms with E-state index in [4.69, 9.17) is 0 Å². The van der Waals surface area contributed by atoms with Gasteiger partial charge < -0.3 is 5.11 Å². The maximum Gasteiger partial charge on any atom is 0.159 e. The average molecular weight is 343 g/mol. The lowest BCUT2D eigenvalue weighted by Crippen LogP contribution is -2.56. The minimum Gasteiger partial charge on any atom is -0.385 e. The zero-order valence-corrected chi connectivity index (χ0v) is 14.2. The molecule has 132 valence electrons. The molecule has 2 aromatic rings. The van der Waals surface area contributed by atoms with Crippen molar-refractivity contribution in [1.82, 2.24) is 4.90 Å². The van der Waals surface area contributed by atoms with Crippen molar-refractivity contribution >= 4 is 0 Å². The molecule has 0 amide bonds. The van der Waals surface area contributed by atoms with Gasteiger partial charge in [0.05, 0.1) is 5.60 Å². The van der Waals surface area contributed by atoms with Gasteiger partial charge >= 0.3 is 0 Å². The normalized spacial score (nSPS) is 29.6. The molecule has 2 aliphatic heterocycles. The second-order valence-corrected chi connectivity index (χ2v) is 7.47. The zero-order valence-electron chi connectivity index (χ0n) is 14.2. The van der Waals surface area contributed by atoms with Crippen molar-refractivity contribution in [2.45, 2.75) is 56.3 Å². The molecular weight excluding hydrogens is 320 g/mol. The Morgan fingerprint density at radius 2 is 1.64 bits per heavy atom. The maximum atomic E-state index is 13.7. The van der Waals surface area contributed by atoms with Crippen LogP contribution in [0.4, 0.5) is 8.78 Å². The van der Waals surface area contributed by atoms with Crippen molar-refractivity contribution in [1.29, 1.82) is 0 Å². The van der Waals surface area contributed by atoms with Crippen LogP contribution < -0.4 is 0 Å². The first-order valence-electron chi connectivity index (χ1n) is 9.03. The SMILES string of the molecule is OC1(c2ccc(F)c(F)c2)CC2CCCC(C1)N2Cc1ccccc1. The van der Waals surface area contributed by atoms with Gasteiger partial charge in [0.2, 0.25) is 0 Å². The highest BCUT2D eigenvalue weighted by Gasteiger charge is 2.46. The van der Waals surface area contributed by atoms with Crippen molar-refractivity contribution in [3.05, 3.63) is 71.3 Å². The van der Waals surface area contributed by atoms with E-state index in [1.807, 2.05) is 18.2 Å². The molecule has 2 nitrogen and oxygen atoms in total. The molecular formula is C21H23F2NO. The highest BCUT2D eigenvalue weighted by molar-refractivity contribution is 5.26. The number of rotatable bonds is 3. The summed E-state index contributed by atoms with van der Waals surface area (Å²) in [6.07, 6.45) is 4.38. The van der Waals surface area contributed by atoms with Crippen molar-refractivity contribution < 1.29 is 13.9 Å². The monoisotopic (exact) mass is 343 g/mol. The summed E-state index contributed by atoms with van der Waals surface area (Å²) in [6.45, 7) is 0.879. The Hall–Kier alpha value is -1.78. The van der Waals surface area contributed by atoms with E-state index in [0.717, 1.165) is 37.9 Å². The summed E-state index contributed by atoms with van der Waals surface area (Å²) in [7, 11) is 0. The van der Waals surface area contributed by atoms with E-state index < -0.39 is 17.2 Å². The molecule has 2 fully saturated rings. The van der Waals surface area contributed by atoms with Crippen molar-refractivity contribution in [3.63, 3.8) is 0 Å². The lowest BCUT2D eigenvalue weighted by molar-refractivity contribution is -0.100. The van der Waals surface area contributed by atoms with Crippen LogP contribution in [0.2, 0.25) is 0 Å². The Morgan fingerprint density at radius 3 is 2.28 bits per heavy atom. The summed E-state index contributed by atoms with van der Waals surface area (Å²) < 4.78 is 26.9.